The average molecular weight is 454 g/mol. The van der Waals surface area contributed by atoms with Crippen LogP contribution in [0.5, 0.6) is 0 Å². The molecule has 25 heavy (non-hydrogen) atoms. The zero-order valence-corrected chi connectivity index (χ0v) is 16.3. The van der Waals surface area contributed by atoms with Crippen LogP contribution in [0.2, 0.25) is 0 Å². The van der Waals surface area contributed by atoms with Crippen molar-refractivity contribution in [2.75, 3.05) is 5.32 Å². The fraction of sp³-hybridized carbons (Fsp3) is 0. The van der Waals surface area contributed by atoms with Crippen molar-refractivity contribution in [2.45, 2.75) is 0 Å². The highest BCUT2D eigenvalue weighted by Gasteiger charge is 2.06. The number of nitrogens with one attached hydrogen (secondary N) is 1. The maximum atomic E-state index is 4.71. The fourth-order valence-corrected chi connectivity index (χ4v) is 3.68. The van der Waals surface area contributed by atoms with E-state index < -0.39 is 0 Å². The normalized spacial score (nSPS) is 10.6. The second-order valence-corrected chi connectivity index (χ2v) is 7.72. The second kappa shape index (κ2) is 7.37. The van der Waals surface area contributed by atoms with Crippen LogP contribution in [0, 0.1) is 3.57 Å². The molecule has 0 unspecified atom stereocenters. The molecule has 0 bridgehead atoms. The third-order valence-corrected chi connectivity index (χ3v) is 5.36. The molecule has 0 fully saturated rings. The summed E-state index contributed by atoms with van der Waals surface area (Å²) in [6, 6.07) is 27.3. The molecule has 122 valence electrons. The lowest BCUT2D eigenvalue weighted by Gasteiger charge is -2.03. The summed E-state index contributed by atoms with van der Waals surface area (Å²) >= 11 is 3.93. The molecule has 0 aliphatic rings. The summed E-state index contributed by atoms with van der Waals surface area (Å²) in [6.45, 7) is 0. The first-order valence-electron chi connectivity index (χ1n) is 7.92. The molecule has 4 aromatic rings. The Bertz CT molecular complexity index is 961. The zero-order valence-electron chi connectivity index (χ0n) is 13.3. The summed E-state index contributed by atoms with van der Waals surface area (Å²) in [7, 11) is 0. The number of hydrogen-bond acceptors (Lipinski definition) is 3. The minimum absolute atomic E-state index is 0.906. The van der Waals surface area contributed by atoms with Crippen molar-refractivity contribution in [3.8, 4) is 22.4 Å². The van der Waals surface area contributed by atoms with E-state index in [-0.39, 0.29) is 0 Å². The van der Waals surface area contributed by atoms with Gasteiger partial charge < -0.3 is 5.32 Å². The molecule has 0 saturated heterocycles. The van der Waals surface area contributed by atoms with Gasteiger partial charge in [-0.25, -0.2) is 4.98 Å². The molecular weight excluding hydrogens is 439 g/mol. The Morgan fingerprint density at radius 3 is 2.08 bits per heavy atom. The van der Waals surface area contributed by atoms with Crippen LogP contribution in [0.3, 0.4) is 0 Å². The number of halogens is 1. The first-order chi connectivity index (χ1) is 12.3. The Morgan fingerprint density at radius 2 is 1.36 bits per heavy atom. The van der Waals surface area contributed by atoms with Gasteiger partial charge in [-0.2, -0.15) is 0 Å². The van der Waals surface area contributed by atoms with Crippen LogP contribution in [-0.2, 0) is 0 Å². The number of anilines is 2. The summed E-state index contributed by atoms with van der Waals surface area (Å²) in [5, 5.41) is 6.36. The molecule has 2 nitrogen and oxygen atoms in total. The second-order valence-electron chi connectivity index (χ2n) is 5.61. The molecule has 0 aliphatic heterocycles. The molecule has 1 N–H and O–H groups in total. The monoisotopic (exact) mass is 454 g/mol. The van der Waals surface area contributed by atoms with Gasteiger partial charge in [-0.1, -0.05) is 54.6 Å². The van der Waals surface area contributed by atoms with E-state index >= 15 is 0 Å². The highest BCUT2D eigenvalue weighted by atomic mass is 127. The Kier molecular flexibility index (Phi) is 4.81. The number of aromatic nitrogens is 1. The number of thiazole rings is 1. The van der Waals surface area contributed by atoms with Crippen molar-refractivity contribution in [1.29, 1.82) is 0 Å². The van der Waals surface area contributed by atoms with Gasteiger partial charge in [0.25, 0.3) is 0 Å². The van der Waals surface area contributed by atoms with Gasteiger partial charge in [0.2, 0.25) is 0 Å². The summed E-state index contributed by atoms with van der Waals surface area (Å²) in [4.78, 5) is 4.71. The molecule has 4 heteroatoms. The van der Waals surface area contributed by atoms with Gasteiger partial charge in [-0.05, 0) is 58.0 Å². The molecule has 3 aromatic carbocycles. The predicted octanol–water partition coefficient (Wildman–Crippen LogP) is 6.83. The highest BCUT2D eigenvalue weighted by molar-refractivity contribution is 14.1. The van der Waals surface area contributed by atoms with Crippen molar-refractivity contribution in [1.82, 2.24) is 4.98 Å². The molecule has 0 aliphatic carbocycles. The number of nitrogens with zero attached hydrogens (tertiary/aromatic N) is 1. The quantitative estimate of drug-likeness (QED) is 0.342. The molecule has 0 atom stereocenters. The van der Waals surface area contributed by atoms with E-state index in [0.29, 0.717) is 0 Å². The lowest BCUT2D eigenvalue weighted by Crippen LogP contribution is -1.89. The van der Waals surface area contributed by atoms with Crippen molar-refractivity contribution < 1.29 is 0 Å². The first-order valence-corrected chi connectivity index (χ1v) is 9.88. The van der Waals surface area contributed by atoms with Gasteiger partial charge in [-0.3, -0.25) is 0 Å². The lowest BCUT2D eigenvalue weighted by molar-refractivity contribution is 1.38. The minimum atomic E-state index is 0.906. The van der Waals surface area contributed by atoms with Gasteiger partial charge in [0, 0.05) is 20.2 Å². The first kappa shape index (κ1) is 16.3. The Balaban J connectivity index is 1.52. The van der Waals surface area contributed by atoms with Crippen molar-refractivity contribution in [3.63, 3.8) is 0 Å². The summed E-state index contributed by atoms with van der Waals surface area (Å²) in [6.07, 6.45) is 0. The molecule has 0 spiro atoms. The van der Waals surface area contributed by atoms with E-state index in [1.807, 2.05) is 6.07 Å². The summed E-state index contributed by atoms with van der Waals surface area (Å²) in [5.41, 5.74) is 5.63. The molecule has 0 saturated carbocycles. The molecule has 4 rings (SSSR count). The Labute approximate surface area is 164 Å². The maximum absolute atomic E-state index is 4.71. The highest BCUT2D eigenvalue weighted by Crippen LogP contribution is 2.29. The van der Waals surface area contributed by atoms with E-state index in [9.17, 15) is 0 Å². The molecule has 0 radical (unpaired) electrons. The number of hydrogen-bond donors (Lipinski definition) is 1. The van der Waals surface area contributed by atoms with Crippen molar-refractivity contribution in [2.24, 2.45) is 0 Å². The molecule has 1 aromatic heterocycles. The Hall–Kier alpha value is -2.18. The van der Waals surface area contributed by atoms with Crippen LogP contribution in [-0.4, -0.2) is 4.98 Å². The molecular formula is C21H15IN2S. The average Bonchev–Trinajstić information content (AvgIpc) is 3.13. The van der Waals surface area contributed by atoms with E-state index in [1.165, 1.54) is 14.7 Å². The van der Waals surface area contributed by atoms with Crippen LogP contribution in [0.15, 0.2) is 84.2 Å². The molecule has 1 heterocycles. The summed E-state index contributed by atoms with van der Waals surface area (Å²) in [5.74, 6) is 0. The van der Waals surface area contributed by atoms with Crippen LogP contribution in [0.4, 0.5) is 10.8 Å². The predicted molar refractivity (Wildman–Crippen MR) is 115 cm³/mol. The van der Waals surface area contributed by atoms with E-state index in [2.05, 4.69) is 106 Å². The van der Waals surface area contributed by atoms with Gasteiger partial charge in [-0.15, -0.1) is 11.3 Å². The van der Waals surface area contributed by atoms with E-state index in [1.54, 1.807) is 11.3 Å². The van der Waals surface area contributed by atoms with Crippen molar-refractivity contribution >= 4 is 44.7 Å². The van der Waals surface area contributed by atoms with Gasteiger partial charge in [0.05, 0.1) is 5.69 Å². The maximum Gasteiger partial charge on any atom is 0.187 e. The van der Waals surface area contributed by atoms with Crippen molar-refractivity contribution in [3.05, 3.63) is 87.8 Å². The van der Waals surface area contributed by atoms with Gasteiger partial charge in [0.1, 0.15) is 0 Å². The van der Waals surface area contributed by atoms with E-state index in [0.717, 1.165) is 22.1 Å². The van der Waals surface area contributed by atoms with Gasteiger partial charge >= 0.3 is 0 Å². The fourth-order valence-electron chi connectivity index (χ4n) is 2.58. The van der Waals surface area contributed by atoms with Crippen LogP contribution in [0.1, 0.15) is 0 Å². The third-order valence-electron chi connectivity index (χ3n) is 3.89. The standard InChI is InChI=1S/C21H15IN2S/c22-18-10-12-19(13-11-18)23-21-24-20(14-25-21)17-8-6-16(7-9-17)15-4-2-1-3-5-15/h1-14H,(H,23,24). The largest absolute Gasteiger partial charge is 0.332 e. The number of benzene rings is 3. The Morgan fingerprint density at radius 1 is 0.720 bits per heavy atom. The zero-order chi connectivity index (χ0) is 17.1. The van der Waals surface area contributed by atoms with Gasteiger partial charge in [0.15, 0.2) is 5.13 Å². The third kappa shape index (κ3) is 3.91. The minimum Gasteiger partial charge on any atom is -0.332 e. The number of rotatable bonds is 4. The molecule has 0 amide bonds. The topological polar surface area (TPSA) is 24.9 Å². The van der Waals surface area contributed by atoms with Crippen LogP contribution in [0.25, 0.3) is 22.4 Å². The summed E-state index contributed by atoms with van der Waals surface area (Å²) < 4.78 is 1.22. The lowest BCUT2D eigenvalue weighted by atomic mass is 10.0. The SMILES string of the molecule is Ic1ccc(Nc2nc(-c3ccc(-c4ccccc4)cc3)cs2)cc1. The van der Waals surface area contributed by atoms with Crippen LogP contribution >= 0.6 is 33.9 Å². The van der Waals surface area contributed by atoms with E-state index in [4.69, 9.17) is 4.98 Å². The smallest absolute Gasteiger partial charge is 0.187 e. The van der Waals surface area contributed by atoms with Crippen LogP contribution < -0.4 is 5.32 Å².